The predicted molar refractivity (Wildman–Crippen MR) is 128 cm³/mol. The largest absolute Gasteiger partial charge is 0.478 e. The van der Waals surface area contributed by atoms with E-state index >= 15 is 0 Å². The van der Waals surface area contributed by atoms with E-state index in [1.807, 2.05) is 12.1 Å². The van der Waals surface area contributed by atoms with E-state index in [0.717, 1.165) is 24.1 Å². The standard InChI is InChI=1S/C29H25NO2/c31-29(32)20-12-10-19(11-13-20)27-18-30(24-8-2-1-3-9-24)28-25(27)15-14-23-16-21-6-4-5-7-22(21)17-26(23)28/h1-3,8-13,16-18H,4-7,14-15H2,(H,31,32). The lowest BCUT2D eigenvalue weighted by Gasteiger charge is -2.25. The summed E-state index contributed by atoms with van der Waals surface area (Å²) in [6.07, 6.45) is 9.24. The van der Waals surface area contributed by atoms with Crippen molar-refractivity contribution in [2.24, 2.45) is 0 Å². The van der Waals surface area contributed by atoms with Crippen LogP contribution in [0.5, 0.6) is 0 Å². The summed E-state index contributed by atoms with van der Waals surface area (Å²) in [5.41, 5.74) is 12.3. The van der Waals surface area contributed by atoms with Crippen LogP contribution in [0.3, 0.4) is 0 Å². The molecule has 0 fully saturated rings. The molecule has 4 aromatic rings. The molecule has 3 aromatic carbocycles. The third-order valence-electron chi connectivity index (χ3n) is 7.05. The van der Waals surface area contributed by atoms with Crippen molar-refractivity contribution in [1.82, 2.24) is 4.57 Å². The zero-order valence-electron chi connectivity index (χ0n) is 18.0. The highest BCUT2D eigenvalue weighted by atomic mass is 16.4. The molecule has 3 heteroatoms. The van der Waals surface area contributed by atoms with Gasteiger partial charge in [-0.1, -0.05) is 36.4 Å². The number of carboxylic acid groups (broad SMARTS) is 1. The van der Waals surface area contributed by atoms with Gasteiger partial charge in [0.05, 0.1) is 11.3 Å². The third-order valence-corrected chi connectivity index (χ3v) is 7.05. The lowest BCUT2D eigenvalue weighted by molar-refractivity contribution is 0.0697. The van der Waals surface area contributed by atoms with Crippen molar-refractivity contribution in [2.45, 2.75) is 38.5 Å². The maximum absolute atomic E-state index is 11.3. The Morgan fingerprint density at radius 3 is 2.19 bits per heavy atom. The maximum atomic E-state index is 11.3. The summed E-state index contributed by atoms with van der Waals surface area (Å²) in [7, 11) is 0. The molecule has 2 aliphatic rings. The first-order valence-corrected chi connectivity index (χ1v) is 11.5. The van der Waals surface area contributed by atoms with Crippen molar-refractivity contribution in [3.63, 3.8) is 0 Å². The average molecular weight is 420 g/mol. The van der Waals surface area contributed by atoms with Gasteiger partial charge < -0.3 is 9.67 Å². The molecule has 0 aliphatic heterocycles. The van der Waals surface area contributed by atoms with E-state index in [1.165, 1.54) is 59.2 Å². The molecule has 2 aliphatic carbocycles. The fourth-order valence-corrected chi connectivity index (χ4v) is 5.45. The van der Waals surface area contributed by atoms with Crippen LogP contribution in [0.25, 0.3) is 28.1 Å². The normalized spacial score (nSPS) is 14.4. The number of fused-ring (bicyclic) bond motifs is 4. The molecule has 0 saturated carbocycles. The summed E-state index contributed by atoms with van der Waals surface area (Å²) < 4.78 is 2.34. The molecular formula is C29H25NO2. The van der Waals surface area contributed by atoms with E-state index in [4.69, 9.17) is 0 Å². The number of para-hydroxylation sites is 1. The van der Waals surface area contributed by atoms with Gasteiger partial charge in [0.15, 0.2) is 0 Å². The quantitative estimate of drug-likeness (QED) is 0.413. The van der Waals surface area contributed by atoms with Crippen LogP contribution in [0.2, 0.25) is 0 Å². The maximum Gasteiger partial charge on any atom is 0.335 e. The summed E-state index contributed by atoms with van der Waals surface area (Å²) in [4.78, 5) is 11.3. The summed E-state index contributed by atoms with van der Waals surface area (Å²) in [6.45, 7) is 0. The molecule has 1 heterocycles. The van der Waals surface area contributed by atoms with Crippen LogP contribution in [0, 0.1) is 0 Å². The molecule has 0 saturated heterocycles. The molecule has 1 N–H and O–H groups in total. The number of carboxylic acids is 1. The Morgan fingerprint density at radius 2 is 1.47 bits per heavy atom. The van der Waals surface area contributed by atoms with E-state index in [2.05, 4.69) is 53.2 Å². The zero-order chi connectivity index (χ0) is 21.7. The van der Waals surface area contributed by atoms with E-state index in [1.54, 1.807) is 17.7 Å². The minimum atomic E-state index is -0.890. The van der Waals surface area contributed by atoms with E-state index < -0.39 is 5.97 Å². The molecule has 158 valence electrons. The molecule has 0 unspecified atom stereocenters. The second-order valence-corrected chi connectivity index (χ2v) is 8.94. The molecule has 0 bridgehead atoms. The van der Waals surface area contributed by atoms with Crippen LogP contribution in [0.1, 0.15) is 45.5 Å². The Morgan fingerprint density at radius 1 is 0.750 bits per heavy atom. The van der Waals surface area contributed by atoms with Crippen LogP contribution < -0.4 is 0 Å². The Labute approximate surface area is 188 Å². The Bertz CT molecular complexity index is 1330. The van der Waals surface area contributed by atoms with E-state index in [9.17, 15) is 9.90 Å². The monoisotopic (exact) mass is 419 g/mol. The second-order valence-electron chi connectivity index (χ2n) is 8.94. The Kier molecular flexibility index (Phi) is 4.50. The van der Waals surface area contributed by atoms with Gasteiger partial charge in [-0.05, 0) is 96.7 Å². The van der Waals surface area contributed by atoms with Gasteiger partial charge in [-0.2, -0.15) is 0 Å². The van der Waals surface area contributed by atoms with Crippen LogP contribution in [-0.4, -0.2) is 15.6 Å². The number of carbonyl (C=O) groups is 1. The number of hydrogen-bond acceptors (Lipinski definition) is 1. The van der Waals surface area contributed by atoms with Gasteiger partial charge in [0.2, 0.25) is 0 Å². The van der Waals surface area contributed by atoms with Crippen molar-refractivity contribution in [2.75, 3.05) is 0 Å². The Hall–Kier alpha value is -3.59. The molecule has 0 atom stereocenters. The van der Waals surface area contributed by atoms with Crippen molar-refractivity contribution in [1.29, 1.82) is 0 Å². The molecule has 3 nitrogen and oxygen atoms in total. The van der Waals surface area contributed by atoms with Gasteiger partial charge in [0.1, 0.15) is 0 Å². The number of benzene rings is 3. The summed E-state index contributed by atoms with van der Waals surface area (Å²) in [6, 6.07) is 22.7. The minimum absolute atomic E-state index is 0.321. The van der Waals surface area contributed by atoms with Crippen molar-refractivity contribution < 1.29 is 9.90 Å². The first kappa shape index (κ1) is 19.1. The molecular weight excluding hydrogens is 394 g/mol. The van der Waals surface area contributed by atoms with Crippen molar-refractivity contribution in [3.05, 3.63) is 101 Å². The number of aromatic carboxylic acids is 1. The second kappa shape index (κ2) is 7.52. The fourth-order valence-electron chi connectivity index (χ4n) is 5.45. The smallest absolute Gasteiger partial charge is 0.335 e. The van der Waals surface area contributed by atoms with E-state index in [-0.39, 0.29) is 0 Å². The van der Waals surface area contributed by atoms with Gasteiger partial charge in [0.25, 0.3) is 0 Å². The van der Waals surface area contributed by atoms with E-state index in [0.29, 0.717) is 5.56 Å². The number of aryl methyl sites for hydroxylation is 3. The molecule has 1 aromatic heterocycles. The zero-order valence-corrected chi connectivity index (χ0v) is 18.0. The average Bonchev–Trinajstić information content (AvgIpc) is 3.23. The van der Waals surface area contributed by atoms with Crippen LogP contribution in [-0.2, 0) is 25.7 Å². The molecule has 0 spiro atoms. The SMILES string of the molecule is O=C(O)c1ccc(-c2cn(-c3ccccc3)c3c2CCc2cc4c(cc2-3)CCCC4)cc1. The number of rotatable bonds is 3. The van der Waals surface area contributed by atoms with Crippen molar-refractivity contribution >= 4 is 5.97 Å². The highest BCUT2D eigenvalue weighted by Crippen LogP contribution is 2.43. The van der Waals surface area contributed by atoms with Crippen molar-refractivity contribution in [3.8, 4) is 28.1 Å². The van der Waals surface area contributed by atoms with Gasteiger partial charge in [-0.25, -0.2) is 4.79 Å². The molecule has 0 radical (unpaired) electrons. The molecule has 32 heavy (non-hydrogen) atoms. The number of nitrogens with zero attached hydrogens (tertiary/aromatic N) is 1. The molecule has 0 amide bonds. The lowest BCUT2D eigenvalue weighted by Crippen LogP contribution is -2.11. The predicted octanol–water partition coefficient (Wildman–Crippen LogP) is 6.49. The number of hydrogen-bond donors (Lipinski definition) is 1. The topological polar surface area (TPSA) is 42.2 Å². The highest BCUT2D eigenvalue weighted by Gasteiger charge is 2.26. The first-order valence-electron chi connectivity index (χ1n) is 11.5. The van der Waals surface area contributed by atoms with Gasteiger partial charge in [-0.15, -0.1) is 0 Å². The Balaban J connectivity index is 1.58. The summed E-state index contributed by atoms with van der Waals surface area (Å²) in [5, 5.41) is 9.29. The summed E-state index contributed by atoms with van der Waals surface area (Å²) >= 11 is 0. The van der Waals surface area contributed by atoms with Gasteiger partial charge >= 0.3 is 5.97 Å². The van der Waals surface area contributed by atoms with Crippen LogP contribution >= 0.6 is 0 Å². The summed E-state index contributed by atoms with van der Waals surface area (Å²) in [5.74, 6) is -0.890. The van der Waals surface area contributed by atoms with Gasteiger partial charge in [0, 0.05) is 23.0 Å². The minimum Gasteiger partial charge on any atom is -0.478 e. The first-order chi connectivity index (χ1) is 15.7. The van der Waals surface area contributed by atoms with Crippen LogP contribution in [0.15, 0.2) is 72.9 Å². The molecule has 6 rings (SSSR count). The third kappa shape index (κ3) is 3.08. The number of aromatic nitrogens is 1. The highest BCUT2D eigenvalue weighted by molar-refractivity contribution is 5.89. The fraction of sp³-hybridized carbons (Fsp3) is 0.207. The van der Waals surface area contributed by atoms with Gasteiger partial charge in [-0.3, -0.25) is 0 Å². The lowest BCUT2D eigenvalue weighted by atomic mass is 9.81. The van der Waals surface area contributed by atoms with Crippen LogP contribution in [0.4, 0.5) is 0 Å².